The average molecular weight is 309 g/mol. The van der Waals surface area contributed by atoms with Crippen LogP contribution in [0.1, 0.15) is 16.7 Å². The molecule has 0 unspecified atom stereocenters. The summed E-state index contributed by atoms with van der Waals surface area (Å²) in [7, 11) is 0. The smallest absolute Gasteiger partial charge is 0.326 e. The summed E-state index contributed by atoms with van der Waals surface area (Å²) < 4.78 is 76.9. The van der Waals surface area contributed by atoms with Gasteiger partial charge in [0.1, 0.15) is 0 Å². The van der Waals surface area contributed by atoms with Crippen molar-refractivity contribution in [2.75, 3.05) is 0 Å². The maximum atomic E-state index is 13.0. The molecule has 21 heavy (non-hydrogen) atoms. The Morgan fingerprint density at radius 2 is 1.71 bits per heavy atom. The van der Waals surface area contributed by atoms with Crippen LogP contribution < -0.4 is 5.73 Å². The maximum absolute atomic E-state index is 13.0. The summed E-state index contributed by atoms with van der Waals surface area (Å²) in [6.07, 6.45) is -8.43. The minimum absolute atomic E-state index is 0.115. The molecular formula is C12H9F6N3. The van der Waals surface area contributed by atoms with Gasteiger partial charge in [0.15, 0.2) is 0 Å². The predicted molar refractivity (Wildman–Crippen MR) is 61.5 cm³/mol. The predicted octanol–water partition coefficient (Wildman–Crippen LogP) is 3.37. The standard InChI is InChI=1S/C12H9F6N3/c13-11(14,15)8-5-20-21(6-8)10-2-1-7(4-19)3-9(10)12(16,17)18/h1-3,5-6H,4,19H2. The van der Waals surface area contributed by atoms with E-state index in [4.69, 9.17) is 5.73 Å². The molecule has 114 valence electrons. The van der Waals surface area contributed by atoms with Gasteiger partial charge in [-0.2, -0.15) is 31.4 Å². The van der Waals surface area contributed by atoms with Gasteiger partial charge in [-0.3, -0.25) is 0 Å². The van der Waals surface area contributed by atoms with Crippen molar-refractivity contribution in [3.8, 4) is 5.69 Å². The van der Waals surface area contributed by atoms with E-state index < -0.39 is 29.2 Å². The van der Waals surface area contributed by atoms with Crippen LogP contribution in [0.4, 0.5) is 26.3 Å². The number of halogens is 6. The minimum atomic E-state index is -4.73. The first-order chi connectivity index (χ1) is 9.63. The molecule has 0 spiro atoms. The van der Waals surface area contributed by atoms with E-state index in [2.05, 4.69) is 5.10 Å². The molecular weight excluding hydrogens is 300 g/mol. The first-order valence-electron chi connectivity index (χ1n) is 5.65. The molecule has 2 rings (SSSR count). The molecule has 0 saturated carbocycles. The first kappa shape index (κ1) is 15.4. The van der Waals surface area contributed by atoms with Gasteiger partial charge in [0, 0.05) is 12.7 Å². The highest BCUT2D eigenvalue weighted by molar-refractivity contribution is 5.45. The van der Waals surface area contributed by atoms with Crippen LogP contribution >= 0.6 is 0 Å². The van der Waals surface area contributed by atoms with E-state index >= 15 is 0 Å². The SMILES string of the molecule is NCc1ccc(-n2cc(C(F)(F)F)cn2)c(C(F)(F)F)c1. The largest absolute Gasteiger partial charge is 0.419 e. The summed E-state index contributed by atoms with van der Waals surface area (Å²) in [5.41, 5.74) is 2.78. The van der Waals surface area contributed by atoms with Crippen molar-refractivity contribution in [2.45, 2.75) is 18.9 Å². The van der Waals surface area contributed by atoms with Crippen molar-refractivity contribution >= 4 is 0 Å². The van der Waals surface area contributed by atoms with Crippen molar-refractivity contribution < 1.29 is 26.3 Å². The number of hydrogen-bond acceptors (Lipinski definition) is 2. The third-order valence-corrected chi connectivity index (χ3v) is 2.76. The van der Waals surface area contributed by atoms with Gasteiger partial charge in [-0.15, -0.1) is 0 Å². The summed E-state index contributed by atoms with van der Waals surface area (Å²) in [6.45, 7) is -0.115. The number of rotatable bonds is 2. The molecule has 9 heteroatoms. The molecule has 1 heterocycles. The lowest BCUT2D eigenvalue weighted by atomic mass is 10.1. The van der Waals surface area contributed by atoms with Crippen LogP contribution in [0.2, 0.25) is 0 Å². The van der Waals surface area contributed by atoms with Crippen molar-refractivity contribution in [2.24, 2.45) is 5.73 Å². The number of hydrogen-bond donors (Lipinski definition) is 1. The second kappa shape index (κ2) is 5.06. The zero-order valence-electron chi connectivity index (χ0n) is 10.3. The molecule has 0 aliphatic carbocycles. The molecule has 1 aromatic heterocycles. The fourth-order valence-corrected chi connectivity index (χ4v) is 1.74. The van der Waals surface area contributed by atoms with Crippen LogP contribution in [0, 0.1) is 0 Å². The Kier molecular flexibility index (Phi) is 3.70. The highest BCUT2D eigenvalue weighted by atomic mass is 19.4. The van der Waals surface area contributed by atoms with Crippen molar-refractivity contribution in [3.63, 3.8) is 0 Å². The Bertz CT molecular complexity index is 641. The van der Waals surface area contributed by atoms with E-state index in [9.17, 15) is 26.3 Å². The molecule has 0 atom stereocenters. The Balaban J connectivity index is 2.56. The van der Waals surface area contributed by atoms with Crippen LogP contribution in [0.25, 0.3) is 5.69 Å². The van der Waals surface area contributed by atoms with Crippen molar-refractivity contribution in [1.29, 1.82) is 0 Å². The molecule has 3 nitrogen and oxygen atoms in total. The second-order valence-electron chi connectivity index (χ2n) is 4.22. The Hall–Kier alpha value is -2.03. The molecule has 2 aromatic rings. The quantitative estimate of drug-likeness (QED) is 0.864. The van der Waals surface area contributed by atoms with Crippen molar-refractivity contribution in [1.82, 2.24) is 9.78 Å². The van der Waals surface area contributed by atoms with E-state index in [0.717, 1.165) is 12.1 Å². The van der Waals surface area contributed by atoms with E-state index in [1.165, 1.54) is 6.07 Å². The highest BCUT2D eigenvalue weighted by Gasteiger charge is 2.36. The van der Waals surface area contributed by atoms with Crippen LogP contribution in [-0.2, 0) is 18.9 Å². The van der Waals surface area contributed by atoms with Gasteiger partial charge in [-0.25, -0.2) is 4.68 Å². The summed E-state index contributed by atoms with van der Waals surface area (Å²) >= 11 is 0. The summed E-state index contributed by atoms with van der Waals surface area (Å²) in [4.78, 5) is 0. The number of alkyl halides is 6. The zero-order chi connectivity index (χ0) is 15.8. The molecule has 0 saturated heterocycles. The zero-order valence-corrected chi connectivity index (χ0v) is 10.3. The van der Waals surface area contributed by atoms with E-state index in [0.29, 0.717) is 17.1 Å². The molecule has 2 N–H and O–H groups in total. The summed E-state index contributed by atoms with van der Waals surface area (Å²) in [6, 6.07) is 3.14. The number of nitrogens with zero attached hydrogens (tertiary/aromatic N) is 2. The van der Waals surface area contributed by atoms with Gasteiger partial charge in [0.25, 0.3) is 0 Å². The fourth-order valence-electron chi connectivity index (χ4n) is 1.74. The van der Waals surface area contributed by atoms with Gasteiger partial charge >= 0.3 is 12.4 Å². The normalized spacial score (nSPS) is 12.7. The topological polar surface area (TPSA) is 43.8 Å². The second-order valence-corrected chi connectivity index (χ2v) is 4.22. The lowest BCUT2D eigenvalue weighted by molar-refractivity contribution is -0.137. The molecule has 0 aliphatic rings. The fraction of sp³-hybridized carbons (Fsp3) is 0.250. The van der Waals surface area contributed by atoms with Crippen molar-refractivity contribution in [3.05, 3.63) is 47.3 Å². The molecule has 0 fully saturated rings. The van der Waals surface area contributed by atoms with Crippen LogP contribution in [0.3, 0.4) is 0 Å². The van der Waals surface area contributed by atoms with Gasteiger partial charge in [0.05, 0.1) is 23.0 Å². The van der Waals surface area contributed by atoms with Crippen LogP contribution in [0.5, 0.6) is 0 Å². The maximum Gasteiger partial charge on any atom is 0.419 e. The van der Waals surface area contributed by atoms with Gasteiger partial charge in [0.2, 0.25) is 0 Å². The highest BCUT2D eigenvalue weighted by Crippen LogP contribution is 2.35. The van der Waals surface area contributed by atoms with Gasteiger partial charge in [-0.05, 0) is 17.7 Å². The molecule has 1 aromatic carbocycles. The summed E-state index contributed by atoms with van der Waals surface area (Å²) in [5, 5.41) is 3.35. The molecule has 0 bridgehead atoms. The lowest BCUT2D eigenvalue weighted by Gasteiger charge is -2.14. The van der Waals surface area contributed by atoms with Gasteiger partial charge < -0.3 is 5.73 Å². The lowest BCUT2D eigenvalue weighted by Crippen LogP contribution is -2.13. The number of nitrogens with two attached hydrogens (primary N) is 1. The van der Waals surface area contributed by atoms with E-state index in [-0.39, 0.29) is 12.1 Å². The Labute approximate surface area is 115 Å². The Morgan fingerprint density at radius 1 is 1.05 bits per heavy atom. The monoisotopic (exact) mass is 309 g/mol. The molecule has 0 radical (unpaired) electrons. The van der Waals surface area contributed by atoms with E-state index in [1.807, 2.05) is 0 Å². The third-order valence-electron chi connectivity index (χ3n) is 2.76. The third kappa shape index (κ3) is 3.18. The van der Waals surface area contributed by atoms with E-state index in [1.54, 1.807) is 0 Å². The minimum Gasteiger partial charge on any atom is -0.326 e. The molecule has 0 amide bonds. The Morgan fingerprint density at radius 3 is 2.19 bits per heavy atom. The van der Waals surface area contributed by atoms with Gasteiger partial charge in [-0.1, -0.05) is 6.07 Å². The van der Waals surface area contributed by atoms with Crippen LogP contribution in [-0.4, -0.2) is 9.78 Å². The average Bonchev–Trinajstić information content (AvgIpc) is 2.86. The van der Waals surface area contributed by atoms with Crippen LogP contribution in [0.15, 0.2) is 30.6 Å². The number of aromatic nitrogens is 2. The molecule has 0 aliphatic heterocycles. The summed E-state index contributed by atoms with van der Waals surface area (Å²) in [5.74, 6) is 0. The number of benzene rings is 1. The first-order valence-corrected chi connectivity index (χ1v) is 5.65.